The number of carbonyl (C=O) groups excluding carboxylic acids is 2. The number of methoxy groups -OCH3 is 1. The van der Waals surface area contributed by atoms with E-state index in [-0.39, 0.29) is 44.4 Å². The van der Waals surface area contributed by atoms with Crippen LogP contribution in [0.15, 0.2) is 46.6 Å². The largest absolute Gasteiger partial charge is 0.469 e. The van der Waals surface area contributed by atoms with Gasteiger partial charge in [-0.3, -0.25) is 9.59 Å². The first-order valence-corrected chi connectivity index (χ1v) is 11.9. The lowest BCUT2D eigenvalue weighted by Gasteiger charge is -2.17. The van der Waals surface area contributed by atoms with Crippen molar-refractivity contribution in [3.63, 3.8) is 0 Å². The molecule has 0 spiro atoms. The van der Waals surface area contributed by atoms with Crippen LogP contribution in [-0.2, 0) is 19.1 Å². The number of rotatable bonds is 15. The smallest absolute Gasteiger partial charge is 0.309 e. The van der Waals surface area contributed by atoms with E-state index in [4.69, 9.17) is 9.47 Å². The summed E-state index contributed by atoms with van der Waals surface area (Å²) in [6.07, 6.45) is 15.4. The van der Waals surface area contributed by atoms with Gasteiger partial charge in [0.05, 0.1) is 19.4 Å². The van der Waals surface area contributed by atoms with Gasteiger partial charge in [0.1, 0.15) is 6.61 Å². The lowest BCUT2D eigenvalue weighted by atomic mass is 9.93. The zero-order chi connectivity index (χ0) is 24.5. The first kappa shape index (κ1) is 33.4. The van der Waals surface area contributed by atoms with E-state index >= 15 is 0 Å². The predicted octanol–water partition coefficient (Wildman–Crippen LogP) is 7.62. The summed E-state index contributed by atoms with van der Waals surface area (Å²) in [6, 6.07) is 0. The van der Waals surface area contributed by atoms with Crippen molar-refractivity contribution in [2.75, 3.05) is 13.7 Å². The van der Waals surface area contributed by atoms with Gasteiger partial charge < -0.3 is 9.47 Å². The minimum absolute atomic E-state index is 0. The molecule has 0 aliphatic carbocycles. The van der Waals surface area contributed by atoms with E-state index in [1.165, 1.54) is 29.4 Å². The van der Waals surface area contributed by atoms with E-state index < -0.39 is 5.92 Å². The minimum atomic E-state index is -0.457. The first-order chi connectivity index (χ1) is 15.1. The molecule has 0 aliphatic heterocycles. The number of carbonyl (C=O) groups is 2. The average Bonchev–Trinajstić information content (AvgIpc) is 2.71. The monoisotopic (exact) mass is 480 g/mol. The van der Waals surface area contributed by atoms with Gasteiger partial charge >= 0.3 is 11.9 Å². The Morgan fingerprint density at radius 2 is 1.21 bits per heavy atom. The lowest BCUT2D eigenvalue weighted by molar-refractivity contribution is -0.154. The van der Waals surface area contributed by atoms with E-state index in [0.29, 0.717) is 0 Å². The van der Waals surface area contributed by atoms with Crippen LogP contribution in [0, 0.1) is 11.8 Å². The SMILES string of the molecule is COC(=O)[C@@H](CC(=O)OC/C=C(\C)CC/C=C(\C)CC/C=C(\C)CCC=C(C)C)C(C)C.S. The summed E-state index contributed by atoms with van der Waals surface area (Å²) in [6.45, 7) is 14.8. The molecule has 0 amide bonds. The summed E-state index contributed by atoms with van der Waals surface area (Å²) in [5.41, 5.74) is 5.47. The molecular weight excluding hydrogens is 432 g/mol. The van der Waals surface area contributed by atoms with Crippen LogP contribution in [0.1, 0.15) is 93.4 Å². The summed E-state index contributed by atoms with van der Waals surface area (Å²) >= 11 is 0. The van der Waals surface area contributed by atoms with E-state index in [1.54, 1.807) is 0 Å². The second kappa shape index (κ2) is 19.7. The fraction of sp³-hybridized carbons (Fsp3) is 0.643. The normalized spacial score (nSPS) is 13.3. The predicted molar refractivity (Wildman–Crippen MR) is 145 cm³/mol. The van der Waals surface area contributed by atoms with Crippen molar-refractivity contribution in [3.8, 4) is 0 Å². The van der Waals surface area contributed by atoms with Crippen molar-refractivity contribution < 1.29 is 19.1 Å². The average molecular weight is 481 g/mol. The van der Waals surface area contributed by atoms with Crippen LogP contribution in [0.3, 0.4) is 0 Å². The molecule has 0 saturated heterocycles. The molecule has 0 aromatic rings. The molecule has 0 fully saturated rings. The summed E-state index contributed by atoms with van der Waals surface area (Å²) < 4.78 is 10.1. The third-order valence-corrected chi connectivity index (χ3v) is 5.53. The number of hydrogen-bond donors (Lipinski definition) is 0. The number of allylic oxidation sites excluding steroid dienone is 7. The molecule has 4 nitrogen and oxygen atoms in total. The van der Waals surface area contributed by atoms with Crippen molar-refractivity contribution in [3.05, 3.63) is 46.6 Å². The van der Waals surface area contributed by atoms with Crippen LogP contribution in [0.25, 0.3) is 0 Å². The van der Waals surface area contributed by atoms with Crippen molar-refractivity contribution >= 4 is 25.4 Å². The van der Waals surface area contributed by atoms with Crippen LogP contribution in [-0.4, -0.2) is 25.7 Å². The Kier molecular flexibility index (Phi) is 19.9. The maximum absolute atomic E-state index is 12.0. The highest BCUT2D eigenvalue weighted by Gasteiger charge is 2.26. The molecule has 0 aromatic carbocycles. The molecule has 0 N–H and O–H groups in total. The Bertz CT molecular complexity index is 695. The molecule has 0 unspecified atom stereocenters. The Morgan fingerprint density at radius 1 is 0.758 bits per heavy atom. The van der Waals surface area contributed by atoms with Crippen molar-refractivity contribution in [1.82, 2.24) is 0 Å². The van der Waals surface area contributed by atoms with Crippen LogP contribution < -0.4 is 0 Å². The highest BCUT2D eigenvalue weighted by atomic mass is 32.1. The van der Waals surface area contributed by atoms with Crippen molar-refractivity contribution in [2.24, 2.45) is 11.8 Å². The van der Waals surface area contributed by atoms with E-state index in [9.17, 15) is 9.59 Å². The van der Waals surface area contributed by atoms with Gasteiger partial charge in [-0.1, -0.05) is 54.4 Å². The maximum atomic E-state index is 12.0. The highest BCUT2D eigenvalue weighted by molar-refractivity contribution is 7.59. The maximum Gasteiger partial charge on any atom is 0.309 e. The lowest BCUT2D eigenvalue weighted by Crippen LogP contribution is -2.25. The molecule has 0 aliphatic rings. The molecule has 0 rings (SSSR count). The summed E-state index contributed by atoms with van der Waals surface area (Å²) in [5.74, 6) is -1.15. The Hall–Kier alpha value is -1.75. The zero-order valence-corrected chi connectivity index (χ0v) is 23.3. The second-order valence-electron chi connectivity index (χ2n) is 9.31. The first-order valence-electron chi connectivity index (χ1n) is 11.9. The molecule has 0 radical (unpaired) electrons. The Labute approximate surface area is 210 Å². The van der Waals surface area contributed by atoms with Crippen molar-refractivity contribution in [2.45, 2.75) is 93.4 Å². The second-order valence-corrected chi connectivity index (χ2v) is 9.31. The topological polar surface area (TPSA) is 52.6 Å². The molecule has 33 heavy (non-hydrogen) atoms. The van der Waals surface area contributed by atoms with Gasteiger partial charge in [0.25, 0.3) is 0 Å². The highest BCUT2D eigenvalue weighted by Crippen LogP contribution is 2.18. The van der Waals surface area contributed by atoms with Crippen LogP contribution in [0.5, 0.6) is 0 Å². The van der Waals surface area contributed by atoms with Gasteiger partial charge in [0, 0.05) is 0 Å². The van der Waals surface area contributed by atoms with Gasteiger partial charge in [-0.25, -0.2) is 0 Å². The van der Waals surface area contributed by atoms with Gasteiger partial charge in [-0.05, 0) is 85.1 Å². The fourth-order valence-corrected chi connectivity index (χ4v) is 3.25. The van der Waals surface area contributed by atoms with E-state index in [0.717, 1.165) is 38.5 Å². The summed E-state index contributed by atoms with van der Waals surface area (Å²) in [5, 5.41) is 0. The molecule has 0 aromatic heterocycles. The van der Waals surface area contributed by atoms with Gasteiger partial charge in [-0.2, -0.15) is 13.5 Å². The van der Waals surface area contributed by atoms with Gasteiger partial charge in [0.15, 0.2) is 0 Å². The van der Waals surface area contributed by atoms with Crippen molar-refractivity contribution in [1.29, 1.82) is 0 Å². The number of ether oxygens (including phenoxy) is 2. The van der Waals surface area contributed by atoms with E-state index in [2.05, 4.69) is 52.8 Å². The molecule has 1 atom stereocenters. The standard InChI is InChI=1S/C28H46O4.H2S/c1-21(2)12-9-13-23(5)14-10-15-24(6)16-11-17-25(7)18-19-32-27(29)20-26(22(3)4)28(30)31-8;/h12,14,16,18,22,26H,9-11,13,15,17,19-20H2,1-8H3;1H2/b23-14+,24-16+,25-18+;/t26-;/m0./s1. The minimum Gasteiger partial charge on any atom is -0.469 e. The molecule has 5 heteroatoms. The summed E-state index contributed by atoms with van der Waals surface area (Å²) in [7, 11) is 1.34. The molecular formula is C28H48O4S. The molecule has 190 valence electrons. The van der Waals surface area contributed by atoms with Crippen LogP contribution in [0.4, 0.5) is 0 Å². The zero-order valence-electron chi connectivity index (χ0n) is 22.3. The fourth-order valence-electron chi connectivity index (χ4n) is 3.25. The quantitative estimate of drug-likeness (QED) is 0.179. The third kappa shape index (κ3) is 18.4. The summed E-state index contributed by atoms with van der Waals surface area (Å²) in [4.78, 5) is 23.8. The molecule has 0 saturated carbocycles. The van der Waals surface area contributed by atoms with Crippen LogP contribution in [0.2, 0.25) is 0 Å². The van der Waals surface area contributed by atoms with Gasteiger partial charge in [0.2, 0.25) is 0 Å². The van der Waals surface area contributed by atoms with Gasteiger partial charge in [-0.15, -0.1) is 0 Å². The molecule has 0 bridgehead atoms. The van der Waals surface area contributed by atoms with E-state index in [1.807, 2.05) is 19.9 Å². The number of esters is 2. The third-order valence-electron chi connectivity index (χ3n) is 5.53. The molecule has 0 heterocycles. The van der Waals surface area contributed by atoms with Crippen LogP contribution >= 0.6 is 13.5 Å². The Balaban J connectivity index is 0. The Morgan fingerprint density at radius 3 is 1.64 bits per heavy atom. The number of hydrogen-bond acceptors (Lipinski definition) is 4.